The SMILES string of the molecule is O=C(O)N(c1ccc(C(F)(F)F)cc1)c1c(F)c(F)c(F)c(F)c1F. The van der Waals surface area contributed by atoms with Crippen molar-refractivity contribution in [1.82, 2.24) is 0 Å². The van der Waals surface area contributed by atoms with Gasteiger partial charge in [-0.3, -0.25) is 0 Å². The van der Waals surface area contributed by atoms with Crippen molar-refractivity contribution in [3.05, 3.63) is 58.9 Å². The van der Waals surface area contributed by atoms with Crippen LogP contribution < -0.4 is 4.90 Å². The first kappa shape index (κ1) is 18.5. The summed E-state index contributed by atoms with van der Waals surface area (Å²) in [6.45, 7) is 0. The summed E-state index contributed by atoms with van der Waals surface area (Å²) in [7, 11) is 0. The molecule has 3 nitrogen and oxygen atoms in total. The number of hydrogen-bond acceptors (Lipinski definition) is 1. The average Bonchev–Trinajstić information content (AvgIpc) is 2.54. The zero-order valence-electron chi connectivity index (χ0n) is 11.6. The molecule has 0 saturated heterocycles. The number of amides is 1. The molecule has 0 fully saturated rings. The molecule has 11 heteroatoms. The lowest BCUT2D eigenvalue weighted by molar-refractivity contribution is -0.137. The van der Waals surface area contributed by atoms with Gasteiger partial charge in [-0.1, -0.05) is 0 Å². The average molecular weight is 371 g/mol. The first-order chi connectivity index (χ1) is 11.5. The van der Waals surface area contributed by atoms with E-state index in [2.05, 4.69) is 0 Å². The summed E-state index contributed by atoms with van der Waals surface area (Å²) < 4.78 is 104. The number of halogens is 8. The van der Waals surface area contributed by atoms with E-state index in [9.17, 15) is 39.9 Å². The van der Waals surface area contributed by atoms with Gasteiger partial charge >= 0.3 is 12.3 Å². The number of anilines is 2. The summed E-state index contributed by atoms with van der Waals surface area (Å²) in [5.74, 6) is -12.2. The Balaban J connectivity index is 2.67. The Morgan fingerprint density at radius 1 is 0.800 bits per heavy atom. The molecule has 2 rings (SSSR count). The highest BCUT2D eigenvalue weighted by Gasteiger charge is 2.34. The summed E-state index contributed by atoms with van der Waals surface area (Å²) in [6, 6.07) is 1.79. The number of nitrogens with zero attached hydrogens (tertiary/aromatic N) is 1. The molecule has 0 aliphatic carbocycles. The zero-order valence-corrected chi connectivity index (χ0v) is 11.6. The fourth-order valence-electron chi connectivity index (χ4n) is 1.92. The second kappa shape index (κ2) is 6.22. The van der Waals surface area contributed by atoms with Gasteiger partial charge < -0.3 is 5.11 Å². The van der Waals surface area contributed by atoms with Gasteiger partial charge in [-0.2, -0.15) is 13.2 Å². The van der Waals surface area contributed by atoms with Crippen LogP contribution in [0.5, 0.6) is 0 Å². The molecule has 0 bridgehead atoms. The molecule has 134 valence electrons. The van der Waals surface area contributed by atoms with Gasteiger partial charge in [0, 0.05) is 0 Å². The molecule has 0 saturated carbocycles. The van der Waals surface area contributed by atoms with Crippen LogP contribution in [0.25, 0.3) is 0 Å². The fraction of sp³-hybridized carbons (Fsp3) is 0.0714. The van der Waals surface area contributed by atoms with Gasteiger partial charge in [0.05, 0.1) is 11.3 Å². The highest BCUT2D eigenvalue weighted by Crippen LogP contribution is 2.36. The largest absolute Gasteiger partial charge is 0.464 e. The Morgan fingerprint density at radius 2 is 1.20 bits per heavy atom. The maximum atomic E-state index is 13.8. The number of hydrogen-bond donors (Lipinski definition) is 1. The van der Waals surface area contributed by atoms with Gasteiger partial charge in [0.15, 0.2) is 23.3 Å². The third-order valence-electron chi connectivity index (χ3n) is 3.05. The minimum absolute atomic E-state index is 0.351. The Hall–Kier alpha value is -2.85. The number of rotatable bonds is 2. The van der Waals surface area contributed by atoms with Crippen LogP contribution >= 0.6 is 0 Å². The molecule has 0 aliphatic rings. The van der Waals surface area contributed by atoms with Gasteiger partial charge in [-0.25, -0.2) is 31.6 Å². The van der Waals surface area contributed by atoms with Crippen molar-refractivity contribution in [3.63, 3.8) is 0 Å². The Labute approximate surface area is 133 Å². The van der Waals surface area contributed by atoms with Crippen LogP contribution in [0.1, 0.15) is 5.56 Å². The minimum Gasteiger partial charge on any atom is -0.464 e. The molecule has 0 unspecified atom stereocenters. The van der Waals surface area contributed by atoms with Crippen molar-refractivity contribution in [2.24, 2.45) is 0 Å². The molecule has 1 N–H and O–H groups in total. The van der Waals surface area contributed by atoms with E-state index >= 15 is 0 Å². The van der Waals surface area contributed by atoms with Crippen LogP contribution in [0.2, 0.25) is 0 Å². The van der Waals surface area contributed by atoms with E-state index < -0.39 is 58.3 Å². The van der Waals surface area contributed by atoms with Crippen molar-refractivity contribution in [1.29, 1.82) is 0 Å². The van der Waals surface area contributed by atoms with Gasteiger partial charge in [0.1, 0.15) is 5.69 Å². The predicted octanol–water partition coefficient (Wildman–Crippen LogP) is 5.22. The normalized spacial score (nSPS) is 11.5. The molecule has 1 amide bonds. The van der Waals surface area contributed by atoms with E-state index in [0.717, 1.165) is 0 Å². The van der Waals surface area contributed by atoms with E-state index in [1.54, 1.807) is 0 Å². The standard InChI is InChI=1S/C14H5F8NO2/c15-7-8(16)10(18)12(11(19)9(7)17)23(13(24)25)6-3-1-5(2-4-6)14(20,21)22/h1-4H,(H,24,25). The third kappa shape index (κ3) is 3.21. The Kier molecular flexibility index (Phi) is 4.60. The lowest BCUT2D eigenvalue weighted by atomic mass is 10.1. The minimum atomic E-state index is -4.78. The molecular formula is C14H5F8NO2. The summed E-state index contributed by atoms with van der Waals surface area (Å²) >= 11 is 0. The predicted molar refractivity (Wildman–Crippen MR) is 67.8 cm³/mol. The molecule has 25 heavy (non-hydrogen) atoms. The highest BCUT2D eigenvalue weighted by atomic mass is 19.4. The summed E-state index contributed by atoms with van der Waals surface area (Å²) in [6.07, 6.45) is -6.96. The van der Waals surface area contributed by atoms with E-state index in [-0.39, 0.29) is 4.90 Å². The van der Waals surface area contributed by atoms with Crippen molar-refractivity contribution in [2.75, 3.05) is 4.90 Å². The smallest absolute Gasteiger partial charge is 0.416 e. The third-order valence-corrected chi connectivity index (χ3v) is 3.05. The highest BCUT2D eigenvalue weighted by molar-refractivity contribution is 5.95. The van der Waals surface area contributed by atoms with Crippen molar-refractivity contribution in [2.45, 2.75) is 6.18 Å². The maximum Gasteiger partial charge on any atom is 0.416 e. The topological polar surface area (TPSA) is 40.5 Å². The van der Waals surface area contributed by atoms with Crippen molar-refractivity contribution >= 4 is 17.5 Å². The molecule has 0 aromatic heterocycles. The van der Waals surface area contributed by atoms with Crippen molar-refractivity contribution in [3.8, 4) is 0 Å². The van der Waals surface area contributed by atoms with Crippen LogP contribution in [-0.2, 0) is 6.18 Å². The van der Waals surface area contributed by atoms with E-state index in [1.807, 2.05) is 0 Å². The quantitative estimate of drug-likeness (QED) is 0.447. The first-order valence-electron chi connectivity index (χ1n) is 6.18. The number of benzene rings is 2. The van der Waals surface area contributed by atoms with Gasteiger partial charge in [0.25, 0.3) is 0 Å². The van der Waals surface area contributed by atoms with E-state index in [0.29, 0.717) is 24.3 Å². The molecule has 0 atom stereocenters. The maximum absolute atomic E-state index is 13.8. The summed E-state index contributed by atoms with van der Waals surface area (Å²) in [5, 5.41) is 9.04. The Bertz CT molecular complexity index is 803. The van der Waals surface area contributed by atoms with Crippen LogP contribution in [0.15, 0.2) is 24.3 Å². The van der Waals surface area contributed by atoms with Crippen LogP contribution in [0.3, 0.4) is 0 Å². The van der Waals surface area contributed by atoms with Crippen LogP contribution in [-0.4, -0.2) is 11.2 Å². The molecule has 0 spiro atoms. The zero-order chi connectivity index (χ0) is 19.1. The molecule has 2 aromatic carbocycles. The molecular weight excluding hydrogens is 366 g/mol. The van der Waals surface area contributed by atoms with Crippen molar-refractivity contribution < 1.29 is 45.0 Å². The van der Waals surface area contributed by atoms with E-state index in [1.165, 1.54) is 0 Å². The lowest BCUT2D eigenvalue weighted by Gasteiger charge is -2.21. The summed E-state index contributed by atoms with van der Waals surface area (Å²) in [4.78, 5) is 10.9. The number of carbonyl (C=O) groups is 1. The molecule has 2 aromatic rings. The number of carboxylic acid groups (broad SMARTS) is 1. The summed E-state index contributed by atoms with van der Waals surface area (Å²) in [5.41, 5.74) is -3.80. The first-order valence-corrected chi connectivity index (χ1v) is 6.18. The number of alkyl halides is 3. The van der Waals surface area contributed by atoms with Gasteiger partial charge in [-0.15, -0.1) is 0 Å². The second-order valence-electron chi connectivity index (χ2n) is 4.58. The fourth-order valence-corrected chi connectivity index (χ4v) is 1.92. The van der Waals surface area contributed by atoms with Crippen LogP contribution in [0, 0.1) is 29.1 Å². The molecule has 0 radical (unpaired) electrons. The second-order valence-corrected chi connectivity index (χ2v) is 4.58. The Morgan fingerprint density at radius 3 is 1.56 bits per heavy atom. The van der Waals surface area contributed by atoms with Crippen LogP contribution in [0.4, 0.5) is 51.3 Å². The van der Waals surface area contributed by atoms with Gasteiger partial charge in [-0.05, 0) is 24.3 Å². The molecule has 0 heterocycles. The van der Waals surface area contributed by atoms with E-state index in [4.69, 9.17) is 5.11 Å². The lowest BCUT2D eigenvalue weighted by Crippen LogP contribution is -2.27. The monoisotopic (exact) mass is 371 g/mol. The molecule has 0 aliphatic heterocycles. The van der Waals surface area contributed by atoms with Gasteiger partial charge in [0.2, 0.25) is 5.82 Å².